The van der Waals surface area contributed by atoms with Crippen molar-refractivity contribution in [3.63, 3.8) is 0 Å². The van der Waals surface area contributed by atoms with Gasteiger partial charge in [-0.25, -0.2) is 0 Å². The SMILES string of the molecule is CCC(Cc1cc(C(F)(F)F)n[nH]1)OC=O. The van der Waals surface area contributed by atoms with E-state index in [1.54, 1.807) is 6.92 Å². The number of H-pyrrole nitrogens is 1. The number of carbonyl (C=O) groups excluding carboxylic acids is 1. The molecular formula is C9H11F3N2O2. The lowest BCUT2D eigenvalue weighted by Gasteiger charge is -2.10. The predicted molar refractivity (Wildman–Crippen MR) is 48.5 cm³/mol. The summed E-state index contributed by atoms with van der Waals surface area (Å²) < 4.78 is 41.3. The number of nitrogens with one attached hydrogen (secondary N) is 1. The number of carbonyl (C=O) groups is 1. The van der Waals surface area contributed by atoms with Crippen LogP contribution in [0.25, 0.3) is 0 Å². The van der Waals surface area contributed by atoms with Crippen LogP contribution in [0, 0.1) is 0 Å². The Morgan fingerprint density at radius 1 is 1.62 bits per heavy atom. The molecular weight excluding hydrogens is 225 g/mol. The van der Waals surface area contributed by atoms with Crippen molar-refractivity contribution in [3.8, 4) is 0 Å². The summed E-state index contributed by atoms with van der Waals surface area (Å²) in [5.41, 5.74) is -0.676. The summed E-state index contributed by atoms with van der Waals surface area (Å²) in [7, 11) is 0. The molecule has 16 heavy (non-hydrogen) atoms. The summed E-state index contributed by atoms with van der Waals surface area (Å²) >= 11 is 0. The Hall–Kier alpha value is -1.53. The molecule has 0 spiro atoms. The van der Waals surface area contributed by atoms with Crippen molar-refractivity contribution in [2.75, 3.05) is 0 Å². The highest BCUT2D eigenvalue weighted by atomic mass is 19.4. The molecule has 0 aliphatic rings. The highest BCUT2D eigenvalue weighted by molar-refractivity contribution is 5.37. The van der Waals surface area contributed by atoms with Crippen molar-refractivity contribution in [1.82, 2.24) is 10.2 Å². The zero-order valence-corrected chi connectivity index (χ0v) is 8.54. The van der Waals surface area contributed by atoms with Crippen molar-refractivity contribution in [1.29, 1.82) is 0 Å². The summed E-state index contributed by atoms with van der Waals surface area (Å²) in [6.07, 6.45) is -4.17. The van der Waals surface area contributed by atoms with Crippen LogP contribution in [-0.2, 0) is 22.1 Å². The van der Waals surface area contributed by atoms with E-state index in [0.29, 0.717) is 12.1 Å². The highest BCUT2D eigenvalue weighted by Gasteiger charge is 2.33. The molecule has 1 N–H and O–H groups in total. The van der Waals surface area contributed by atoms with Crippen LogP contribution in [0.2, 0.25) is 0 Å². The lowest BCUT2D eigenvalue weighted by molar-refractivity contribution is -0.141. The van der Waals surface area contributed by atoms with Crippen LogP contribution in [0.1, 0.15) is 24.7 Å². The molecule has 0 saturated carbocycles. The lowest BCUT2D eigenvalue weighted by Crippen LogP contribution is -2.14. The smallest absolute Gasteiger partial charge is 0.435 e. The minimum atomic E-state index is -4.46. The zero-order chi connectivity index (χ0) is 12.2. The monoisotopic (exact) mass is 236 g/mol. The van der Waals surface area contributed by atoms with Gasteiger partial charge in [0.1, 0.15) is 6.10 Å². The molecule has 7 heteroatoms. The Kier molecular flexibility index (Phi) is 3.92. The van der Waals surface area contributed by atoms with Gasteiger partial charge in [-0.1, -0.05) is 6.92 Å². The van der Waals surface area contributed by atoms with Gasteiger partial charge in [-0.05, 0) is 12.5 Å². The van der Waals surface area contributed by atoms with E-state index in [2.05, 4.69) is 14.9 Å². The first-order valence-electron chi connectivity index (χ1n) is 4.68. The normalized spacial score (nSPS) is 13.5. The molecule has 0 aromatic carbocycles. The predicted octanol–water partition coefficient (Wildman–Crippen LogP) is 1.92. The quantitative estimate of drug-likeness (QED) is 0.794. The molecule has 1 unspecified atom stereocenters. The fourth-order valence-corrected chi connectivity index (χ4v) is 1.22. The number of hydrogen-bond donors (Lipinski definition) is 1. The van der Waals surface area contributed by atoms with E-state index < -0.39 is 18.0 Å². The molecule has 1 atom stereocenters. The molecule has 0 radical (unpaired) electrons. The average Bonchev–Trinajstić information content (AvgIpc) is 2.65. The standard InChI is InChI=1S/C9H11F3N2O2/c1-2-7(16-5-15)3-6-4-8(14-13-6)9(10,11)12/h4-5,7H,2-3H2,1H3,(H,13,14). The van der Waals surface area contributed by atoms with Gasteiger partial charge in [-0.3, -0.25) is 9.89 Å². The third kappa shape index (κ3) is 3.25. The Bertz CT molecular complexity index is 349. The molecule has 1 rings (SSSR count). The van der Waals surface area contributed by atoms with Crippen LogP contribution in [-0.4, -0.2) is 22.8 Å². The van der Waals surface area contributed by atoms with Crippen molar-refractivity contribution in [2.45, 2.75) is 32.0 Å². The van der Waals surface area contributed by atoms with Crippen LogP contribution < -0.4 is 0 Å². The van der Waals surface area contributed by atoms with Gasteiger partial charge in [0, 0.05) is 12.1 Å². The molecule has 90 valence electrons. The third-order valence-electron chi connectivity index (χ3n) is 2.07. The number of rotatable bonds is 5. The first kappa shape index (κ1) is 12.5. The van der Waals surface area contributed by atoms with E-state index in [4.69, 9.17) is 0 Å². The summed E-state index contributed by atoms with van der Waals surface area (Å²) in [4.78, 5) is 10.1. The number of hydrogen-bond acceptors (Lipinski definition) is 3. The number of nitrogens with zero attached hydrogens (tertiary/aromatic N) is 1. The second kappa shape index (κ2) is 5.00. The first-order valence-corrected chi connectivity index (χ1v) is 4.68. The molecule has 0 fully saturated rings. The molecule has 0 aliphatic carbocycles. The average molecular weight is 236 g/mol. The fraction of sp³-hybridized carbons (Fsp3) is 0.556. The van der Waals surface area contributed by atoms with Crippen LogP contribution >= 0.6 is 0 Å². The molecule has 1 aromatic heterocycles. The van der Waals surface area contributed by atoms with Gasteiger partial charge in [0.25, 0.3) is 6.47 Å². The highest BCUT2D eigenvalue weighted by Crippen LogP contribution is 2.27. The minimum absolute atomic E-state index is 0.193. The Labute approximate surface area is 89.8 Å². The van der Waals surface area contributed by atoms with Gasteiger partial charge in [0.15, 0.2) is 5.69 Å². The van der Waals surface area contributed by atoms with Gasteiger partial charge in [0.2, 0.25) is 0 Å². The first-order chi connectivity index (χ1) is 7.47. The molecule has 4 nitrogen and oxygen atoms in total. The second-order valence-electron chi connectivity index (χ2n) is 3.24. The Morgan fingerprint density at radius 3 is 2.75 bits per heavy atom. The molecule has 1 aromatic rings. The Morgan fingerprint density at radius 2 is 2.31 bits per heavy atom. The van der Waals surface area contributed by atoms with Gasteiger partial charge in [-0.15, -0.1) is 0 Å². The molecule has 1 heterocycles. The number of ether oxygens (including phenoxy) is 1. The summed E-state index contributed by atoms with van der Waals surface area (Å²) in [6, 6.07) is 0.914. The summed E-state index contributed by atoms with van der Waals surface area (Å²) in [5, 5.41) is 5.41. The van der Waals surface area contributed by atoms with Crippen LogP contribution in [0.4, 0.5) is 13.2 Å². The van der Waals surface area contributed by atoms with Crippen molar-refractivity contribution >= 4 is 6.47 Å². The van der Waals surface area contributed by atoms with Crippen molar-refractivity contribution in [2.24, 2.45) is 0 Å². The fourth-order valence-electron chi connectivity index (χ4n) is 1.22. The maximum atomic E-state index is 12.2. The minimum Gasteiger partial charge on any atom is -0.464 e. The second-order valence-corrected chi connectivity index (χ2v) is 3.24. The van der Waals surface area contributed by atoms with E-state index in [0.717, 1.165) is 6.07 Å². The van der Waals surface area contributed by atoms with E-state index in [1.165, 1.54) is 0 Å². The zero-order valence-electron chi connectivity index (χ0n) is 8.54. The maximum absolute atomic E-state index is 12.2. The van der Waals surface area contributed by atoms with E-state index >= 15 is 0 Å². The lowest BCUT2D eigenvalue weighted by atomic mass is 10.1. The van der Waals surface area contributed by atoms with E-state index in [-0.39, 0.29) is 12.9 Å². The number of aromatic nitrogens is 2. The van der Waals surface area contributed by atoms with Gasteiger partial charge < -0.3 is 4.74 Å². The van der Waals surface area contributed by atoms with Gasteiger partial charge in [-0.2, -0.15) is 18.3 Å². The topological polar surface area (TPSA) is 55.0 Å². The maximum Gasteiger partial charge on any atom is 0.435 e. The van der Waals surface area contributed by atoms with Crippen LogP contribution in [0.3, 0.4) is 0 Å². The van der Waals surface area contributed by atoms with Crippen LogP contribution in [0.5, 0.6) is 0 Å². The van der Waals surface area contributed by atoms with Gasteiger partial charge >= 0.3 is 6.18 Å². The van der Waals surface area contributed by atoms with Gasteiger partial charge in [0.05, 0.1) is 0 Å². The van der Waals surface area contributed by atoms with E-state index in [1.807, 2.05) is 0 Å². The number of halogens is 3. The number of alkyl halides is 3. The van der Waals surface area contributed by atoms with E-state index in [9.17, 15) is 18.0 Å². The Balaban J connectivity index is 2.67. The van der Waals surface area contributed by atoms with Crippen molar-refractivity contribution < 1.29 is 22.7 Å². The molecule has 0 amide bonds. The van der Waals surface area contributed by atoms with Crippen LogP contribution in [0.15, 0.2) is 6.07 Å². The van der Waals surface area contributed by atoms with Crippen molar-refractivity contribution in [3.05, 3.63) is 17.5 Å². The molecule has 0 bridgehead atoms. The largest absolute Gasteiger partial charge is 0.464 e. The summed E-state index contributed by atoms with van der Waals surface area (Å²) in [6.45, 7) is 2.06. The number of aromatic amines is 1. The summed E-state index contributed by atoms with van der Waals surface area (Å²) in [5.74, 6) is 0. The molecule has 0 saturated heterocycles. The third-order valence-corrected chi connectivity index (χ3v) is 2.07. The molecule has 0 aliphatic heterocycles.